The zero-order valence-corrected chi connectivity index (χ0v) is 20.5. The summed E-state index contributed by atoms with van der Waals surface area (Å²) in [5.41, 5.74) is 2.75. The fourth-order valence-electron chi connectivity index (χ4n) is 4.18. The number of amides is 1. The van der Waals surface area contributed by atoms with E-state index < -0.39 is 5.60 Å². The van der Waals surface area contributed by atoms with Crippen molar-refractivity contribution < 1.29 is 18.7 Å². The van der Waals surface area contributed by atoms with Gasteiger partial charge in [-0.05, 0) is 69.2 Å². The largest absolute Gasteiger partial charge is 0.492 e. The molecular formula is C25H27Cl2FN2O3. The molecule has 0 saturated heterocycles. The van der Waals surface area contributed by atoms with Gasteiger partial charge in [-0.15, -0.1) is 0 Å². The van der Waals surface area contributed by atoms with E-state index in [2.05, 4.69) is 4.57 Å². The molecule has 0 aliphatic carbocycles. The highest BCUT2D eigenvalue weighted by molar-refractivity contribution is 6.42. The van der Waals surface area contributed by atoms with E-state index in [-0.39, 0.29) is 11.9 Å². The highest BCUT2D eigenvalue weighted by atomic mass is 35.5. The average Bonchev–Trinajstić information content (AvgIpc) is 2.88. The fourth-order valence-corrected chi connectivity index (χ4v) is 4.50. The fraction of sp³-hybridized carbons (Fsp3) is 0.400. The number of nitrogens with zero attached hydrogens (tertiary/aromatic N) is 2. The van der Waals surface area contributed by atoms with E-state index in [1.165, 1.54) is 12.1 Å². The molecule has 1 aromatic heterocycles. The zero-order valence-electron chi connectivity index (χ0n) is 19.0. The number of carbonyl (C=O) groups excluding carboxylic acids is 1. The number of fused-ring (bicyclic) bond motifs is 3. The van der Waals surface area contributed by atoms with E-state index in [4.69, 9.17) is 32.7 Å². The van der Waals surface area contributed by atoms with Gasteiger partial charge in [-0.2, -0.15) is 0 Å². The van der Waals surface area contributed by atoms with E-state index in [9.17, 15) is 9.18 Å². The molecule has 1 amide bonds. The molecule has 176 valence electrons. The van der Waals surface area contributed by atoms with Crippen LogP contribution < -0.4 is 4.74 Å². The first-order valence-corrected chi connectivity index (χ1v) is 11.7. The molecule has 0 spiro atoms. The van der Waals surface area contributed by atoms with Gasteiger partial charge in [0.2, 0.25) is 0 Å². The topological polar surface area (TPSA) is 43.7 Å². The van der Waals surface area contributed by atoms with Crippen molar-refractivity contribution in [2.24, 2.45) is 0 Å². The molecule has 0 fully saturated rings. The molecule has 0 N–H and O–H groups in total. The number of aromatic nitrogens is 1. The van der Waals surface area contributed by atoms with Gasteiger partial charge in [0.05, 0.1) is 22.1 Å². The summed E-state index contributed by atoms with van der Waals surface area (Å²) in [5, 5.41) is 2.03. The minimum atomic E-state index is -0.542. The van der Waals surface area contributed by atoms with Crippen molar-refractivity contribution in [3.05, 3.63) is 63.5 Å². The molecule has 3 aromatic rings. The first kappa shape index (κ1) is 23.7. The summed E-state index contributed by atoms with van der Waals surface area (Å²) in [5.74, 6) is 0.307. The molecule has 1 aliphatic rings. The molecule has 2 aromatic carbocycles. The highest BCUT2D eigenvalue weighted by Crippen LogP contribution is 2.35. The Morgan fingerprint density at radius 3 is 2.42 bits per heavy atom. The molecule has 33 heavy (non-hydrogen) atoms. The summed E-state index contributed by atoms with van der Waals surface area (Å²) in [4.78, 5) is 14.4. The minimum Gasteiger partial charge on any atom is -0.492 e. The molecular weight excluding hydrogens is 466 g/mol. The van der Waals surface area contributed by atoms with Gasteiger partial charge in [-0.3, -0.25) is 0 Å². The van der Waals surface area contributed by atoms with Crippen molar-refractivity contribution in [2.75, 3.05) is 19.7 Å². The van der Waals surface area contributed by atoms with Crippen molar-refractivity contribution in [2.45, 2.75) is 45.8 Å². The van der Waals surface area contributed by atoms with Crippen LogP contribution in [-0.4, -0.2) is 40.9 Å². The second kappa shape index (κ2) is 9.43. The second-order valence-corrected chi connectivity index (χ2v) is 9.94. The Morgan fingerprint density at radius 1 is 1.06 bits per heavy atom. The van der Waals surface area contributed by atoms with Crippen LogP contribution in [0.15, 0.2) is 36.4 Å². The van der Waals surface area contributed by atoms with Crippen LogP contribution >= 0.6 is 23.2 Å². The van der Waals surface area contributed by atoms with Crippen molar-refractivity contribution in [1.29, 1.82) is 0 Å². The lowest BCUT2D eigenvalue weighted by Crippen LogP contribution is -2.38. The molecule has 5 nitrogen and oxygen atoms in total. The number of hydrogen-bond acceptors (Lipinski definition) is 3. The van der Waals surface area contributed by atoms with Gasteiger partial charge < -0.3 is 18.9 Å². The number of hydrogen-bond donors (Lipinski definition) is 0. The van der Waals surface area contributed by atoms with Crippen LogP contribution in [0, 0.1) is 5.82 Å². The Balaban J connectivity index is 1.60. The third kappa shape index (κ3) is 5.39. The lowest BCUT2D eigenvalue weighted by atomic mass is 10.1. The molecule has 0 bridgehead atoms. The molecule has 0 saturated carbocycles. The predicted octanol–water partition coefficient (Wildman–Crippen LogP) is 6.50. The third-order valence-electron chi connectivity index (χ3n) is 5.63. The maximum Gasteiger partial charge on any atom is 0.410 e. The number of rotatable bonds is 4. The molecule has 4 rings (SSSR count). The summed E-state index contributed by atoms with van der Waals surface area (Å²) >= 11 is 12.7. The van der Waals surface area contributed by atoms with Gasteiger partial charge in [0, 0.05) is 30.6 Å². The van der Waals surface area contributed by atoms with Gasteiger partial charge in [0.1, 0.15) is 23.8 Å². The summed E-state index contributed by atoms with van der Waals surface area (Å²) in [6, 6.07) is 9.76. The lowest BCUT2D eigenvalue weighted by Gasteiger charge is -2.26. The minimum absolute atomic E-state index is 0.301. The van der Waals surface area contributed by atoms with Crippen LogP contribution in [0.2, 0.25) is 10.0 Å². The van der Waals surface area contributed by atoms with Crippen LogP contribution in [0.1, 0.15) is 32.0 Å². The number of benzene rings is 2. The molecule has 1 aliphatic heterocycles. The molecule has 0 radical (unpaired) electrons. The zero-order chi connectivity index (χ0) is 23.8. The van der Waals surface area contributed by atoms with Gasteiger partial charge >= 0.3 is 6.09 Å². The maximum atomic E-state index is 13.2. The van der Waals surface area contributed by atoms with Crippen molar-refractivity contribution in [3.8, 4) is 5.75 Å². The lowest BCUT2D eigenvalue weighted by molar-refractivity contribution is 0.0258. The van der Waals surface area contributed by atoms with E-state index in [1.54, 1.807) is 17.0 Å². The number of ether oxygens (including phenoxy) is 2. The number of carbonyl (C=O) groups is 1. The monoisotopic (exact) mass is 492 g/mol. The quantitative estimate of drug-likeness (QED) is 0.417. The Morgan fingerprint density at radius 2 is 1.73 bits per heavy atom. The Labute approximate surface area is 203 Å². The van der Waals surface area contributed by atoms with Crippen molar-refractivity contribution in [1.82, 2.24) is 9.47 Å². The van der Waals surface area contributed by atoms with Crippen LogP contribution in [0.25, 0.3) is 10.9 Å². The summed E-state index contributed by atoms with van der Waals surface area (Å²) in [6.07, 6.45) is 1.06. The third-order valence-corrected chi connectivity index (χ3v) is 6.35. The van der Waals surface area contributed by atoms with Crippen LogP contribution in [0.4, 0.5) is 9.18 Å². The first-order chi connectivity index (χ1) is 15.6. The van der Waals surface area contributed by atoms with Crippen LogP contribution in [0.3, 0.4) is 0 Å². The summed E-state index contributed by atoms with van der Waals surface area (Å²) in [7, 11) is 0. The van der Waals surface area contributed by atoms with E-state index in [0.29, 0.717) is 54.9 Å². The first-order valence-electron chi connectivity index (χ1n) is 11.0. The second-order valence-electron chi connectivity index (χ2n) is 9.13. The van der Waals surface area contributed by atoms with Gasteiger partial charge in [0.15, 0.2) is 0 Å². The normalized spacial score (nSPS) is 14.2. The van der Waals surface area contributed by atoms with Crippen LogP contribution in [0.5, 0.6) is 5.75 Å². The van der Waals surface area contributed by atoms with Crippen molar-refractivity contribution in [3.63, 3.8) is 0 Å². The summed E-state index contributed by atoms with van der Waals surface area (Å²) in [6.45, 7) is 7.70. The van der Waals surface area contributed by atoms with Gasteiger partial charge in [0.25, 0.3) is 0 Å². The Kier molecular flexibility index (Phi) is 6.78. The molecule has 8 heteroatoms. The number of halogens is 3. The Hall–Kier alpha value is -2.44. The molecule has 2 heterocycles. The van der Waals surface area contributed by atoms with E-state index in [1.807, 2.05) is 32.9 Å². The summed E-state index contributed by atoms with van der Waals surface area (Å²) < 4.78 is 26.8. The SMILES string of the molecule is CC(C)(C)OC(=O)N1CCc2c(n(CCOc3ccc(F)cc3)c3cc(Cl)c(Cl)cc23)CC1. The smallest absolute Gasteiger partial charge is 0.410 e. The van der Waals surface area contributed by atoms with E-state index >= 15 is 0 Å². The maximum absolute atomic E-state index is 13.2. The highest BCUT2D eigenvalue weighted by Gasteiger charge is 2.27. The van der Waals surface area contributed by atoms with Gasteiger partial charge in [-0.1, -0.05) is 23.2 Å². The van der Waals surface area contributed by atoms with Gasteiger partial charge in [-0.25, -0.2) is 9.18 Å². The van der Waals surface area contributed by atoms with E-state index in [0.717, 1.165) is 22.2 Å². The molecule has 0 unspecified atom stereocenters. The standard InChI is InChI=1S/C25H27Cl2FN2O3/c1-25(2,3)33-24(31)29-10-8-18-19-14-20(26)21(27)15-23(19)30(22(18)9-11-29)12-13-32-17-6-4-16(28)5-7-17/h4-7,14-15H,8-13H2,1-3H3. The molecule has 0 atom stereocenters. The van der Waals surface area contributed by atoms with Crippen molar-refractivity contribution >= 4 is 40.2 Å². The van der Waals surface area contributed by atoms with Crippen LogP contribution in [-0.2, 0) is 24.1 Å². The predicted molar refractivity (Wildman–Crippen MR) is 129 cm³/mol. The average molecular weight is 493 g/mol. The Bertz CT molecular complexity index is 1170.